The molecule has 0 aliphatic heterocycles. The lowest BCUT2D eigenvalue weighted by atomic mass is 9.84. The number of aromatic nitrogens is 4. The van der Waals surface area contributed by atoms with Crippen LogP contribution in [-0.4, -0.2) is 19.1 Å². The highest BCUT2D eigenvalue weighted by Crippen LogP contribution is 2.46. The number of hydrogen-bond donors (Lipinski definition) is 0. The van der Waals surface area contributed by atoms with Crippen LogP contribution in [0.5, 0.6) is 0 Å². The van der Waals surface area contributed by atoms with E-state index in [9.17, 15) is 0 Å². The fourth-order valence-corrected chi connectivity index (χ4v) is 8.87. The highest BCUT2D eigenvalue weighted by molar-refractivity contribution is 6.22. The van der Waals surface area contributed by atoms with Crippen molar-refractivity contribution >= 4 is 43.6 Å². The fourth-order valence-electron chi connectivity index (χ4n) is 8.87. The second-order valence-electron chi connectivity index (χ2n) is 15.1. The predicted molar refractivity (Wildman–Crippen MR) is 243 cm³/mol. The van der Waals surface area contributed by atoms with E-state index in [0.29, 0.717) is 0 Å². The second kappa shape index (κ2) is 13.6. The molecule has 11 aromatic rings. The molecule has 2 heterocycles. The molecule has 0 fully saturated rings. The van der Waals surface area contributed by atoms with Gasteiger partial charge in [0.2, 0.25) is 0 Å². The molecule has 58 heavy (non-hydrogen) atoms. The SMILES string of the molecule is Cn1c(-c2ccccc2)nc2cc(-c3ccc4c(-c5ccccc5)c5cc(-c6ccc7c(c6)nc(-c6ccccc6)n7C)ccc5c(-c5ccccc5)c4c3)ccc21. The van der Waals surface area contributed by atoms with E-state index in [4.69, 9.17) is 9.97 Å². The molecule has 0 amide bonds. The van der Waals surface area contributed by atoms with Gasteiger partial charge in [0.15, 0.2) is 0 Å². The molecular formula is C54H38N4. The zero-order chi connectivity index (χ0) is 38.7. The predicted octanol–water partition coefficient (Wildman–Crippen LogP) is 13.8. The maximum absolute atomic E-state index is 5.12. The molecule has 4 heteroatoms. The molecule has 0 aliphatic rings. The van der Waals surface area contributed by atoms with Crippen molar-refractivity contribution in [3.8, 4) is 67.3 Å². The van der Waals surface area contributed by atoms with Gasteiger partial charge in [0.25, 0.3) is 0 Å². The maximum atomic E-state index is 5.12. The van der Waals surface area contributed by atoms with Crippen LogP contribution in [0.3, 0.4) is 0 Å². The lowest BCUT2D eigenvalue weighted by Gasteiger charge is -2.19. The van der Waals surface area contributed by atoms with Crippen LogP contribution in [0.15, 0.2) is 194 Å². The van der Waals surface area contributed by atoms with Gasteiger partial charge in [0.05, 0.1) is 22.1 Å². The first-order valence-corrected chi connectivity index (χ1v) is 19.8. The number of nitrogens with zero attached hydrogens (tertiary/aromatic N) is 4. The summed E-state index contributed by atoms with van der Waals surface area (Å²) in [6, 6.07) is 69.9. The monoisotopic (exact) mass is 742 g/mol. The number of aryl methyl sites for hydroxylation is 2. The number of hydrogen-bond acceptors (Lipinski definition) is 2. The Hall–Kier alpha value is -7.56. The van der Waals surface area contributed by atoms with Gasteiger partial charge < -0.3 is 9.13 Å². The number of fused-ring (bicyclic) bond motifs is 4. The van der Waals surface area contributed by atoms with Gasteiger partial charge in [0, 0.05) is 25.2 Å². The minimum absolute atomic E-state index is 0.966. The lowest BCUT2D eigenvalue weighted by molar-refractivity contribution is 0.959. The van der Waals surface area contributed by atoms with Gasteiger partial charge in [-0.1, -0.05) is 158 Å². The largest absolute Gasteiger partial charge is 0.327 e. The molecule has 2 aromatic heterocycles. The van der Waals surface area contributed by atoms with Gasteiger partial charge in [-0.15, -0.1) is 0 Å². The smallest absolute Gasteiger partial charge is 0.140 e. The van der Waals surface area contributed by atoms with Crippen molar-refractivity contribution in [1.29, 1.82) is 0 Å². The van der Waals surface area contributed by atoms with E-state index in [1.807, 2.05) is 12.1 Å². The molecule has 0 unspecified atom stereocenters. The average molecular weight is 743 g/mol. The van der Waals surface area contributed by atoms with Gasteiger partial charge >= 0.3 is 0 Å². The zero-order valence-corrected chi connectivity index (χ0v) is 32.3. The molecule has 0 N–H and O–H groups in total. The first-order chi connectivity index (χ1) is 28.6. The Morgan fingerprint density at radius 3 is 1.00 bits per heavy atom. The molecule has 11 rings (SSSR count). The highest BCUT2D eigenvalue weighted by atomic mass is 15.1. The fraction of sp³-hybridized carbons (Fsp3) is 0.0370. The minimum Gasteiger partial charge on any atom is -0.327 e. The zero-order valence-electron chi connectivity index (χ0n) is 32.3. The van der Waals surface area contributed by atoms with Crippen LogP contribution in [0, 0.1) is 0 Å². The molecular weight excluding hydrogens is 705 g/mol. The summed E-state index contributed by atoms with van der Waals surface area (Å²) in [5.41, 5.74) is 15.9. The van der Waals surface area contributed by atoms with Crippen LogP contribution < -0.4 is 0 Å². The maximum Gasteiger partial charge on any atom is 0.140 e. The van der Waals surface area contributed by atoms with Crippen molar-refractivity contribution in [2.75, 3.05) is 0 Å². The molecule has 274 valence electrons. The molecule has 0 saturated carbocycles. The Balaban J connectivity index is 1.12. The third kappa shape index (κ3) is 5.53. The quantitative estimate of drug-likeness (QED) is 0.159. The summed E-state index contributed by atoms with van der Waals surface area (Å²) in [5, 5.41) is 4.88. The molecule has 4 nitrogen and oxygen atoms in total. The van der Waals surface area contributed by atoms with Gasteiger partial charge in [-0.3, -0.25) is 0 Å². The van der Waals surface area contributed by atoms with Crippen LogP contribution in [0.1, 0.15) is 0 Å². The number of benzene rings is 9. The minimum atomic E-state index is 0.966. The van der Waals surface area contributed by atoms with Crippen molar-refractivity contribution in [3.63, 3.8) is 0 Å². The average Bonchev–Trinajstić information content (AvgIpc) is 3.81. The van der Waals surface area contributed by atoms with Crippen LogP contribution in [-0.2, 0) is 14.1 Å². The Morgan fingerprint density at radius 1 is 0.293 bits per heavy atom. The first-order valence-electron chi connectivity index (χ1n) is 19.8. The topological polar surface area (TPSA) is 35.6 Å². The van der Waals surface area contributed by atoms with E-state index >= 15 is 0 Å². The van der Waals surface area contributed by atoms with Crippen molar-refractivity contribution in [1.82, 2.24) is 19.1 Å². The molecule has 0 aliphatic carbocycles. The molecule has 9 aromatic carbocycles. The van der Waals surface area contributed by atoms with Gasteiger partial charge in [-0.25, -0.2) is 9.97 Å². The van der Waals surface area contributed by atoms with Gasteiger partial charge in [0.1, 0.15) is 11.6 Å². The van der Waals surface area contributed by atoms with Gasteiger partial charge in [-0.05, 0) is 102 Å². The van der Waals surface area contributed by atoms with Crippen LogP contribution in [0.25, 0.3) is 111 Å². The van der Waals surface area contributed by atoms with Crippen LogP contribution in [0.2, 0.25) is 0 Å². The first kappa shape index (κ1) is 33.8. The summed E-state index contributed by atoms with van der Waals surface area (Å²) < 4.78 is 4.37. The molecule has 0 radical (unpaired) electrons. The summed E-state index contributed by atoms with van der Waals surface area (Å²) in [4.78, 5) is 10.2. The van der Waals surface area contributed by atoms with E-state index in [1.165, 1.54) is 43.8 Å². The summed E-state index contributed by atoms with van der Waals surface area (Å²) in [5.74, 6) is 1.93. The van der Waals surface area contributed by atoms with E-state index < -0.39 is 0 Å². The van der Waals surface area contributed by atoms with Crippen molar-refractivity contribution in [2.24, 2.45) is 14.1 Å². The summed E-state index contributed by atoms with van der Waals surface area (Å²) >= 11 is 0. The lowest BCUT2D eigenvalue weighted by Crippen LogP contribution is -1.93. The van der Waals surface area contributed by atoms with E-state index in [0.717, 1.165) is 67.1 Å². The Labute approximate surface area is 337 Å². The molecule has 0 bridgehead atoms. The van der Waals surface area contributed by atoms with E-state index in [-0.39, 0.29) is 0 Å². The second-order valence-corrected chi connectivity index (χ2v) is 15.1. The molecule has 0 spiro atoms. The van der Waals surface area contributed by atoms with E-state index in [1.54, 1.807) is 0 Å². The normalized spacial score (nSPS) is 11.6. The van der Waals surface area contributed by atoms with Crippen LogP contribution in [0.4, 0.5) is 0 Å². The van der Waals surface area contributed by atoms with Crippen molar-refractivity contribution < 1.29 is 0 Å². The Kier molecular flexibility index (Phi) is 7.90. The standard InChI is InChI=1S/C54H38N4/c1-57-49-29-25-41(33-47(49)55-53(57)37-19-11-5-12-20-37)39-23-27-43-45(31-39)51(35-15-7-3-8-16-35)44-28-24-40(32-46(44)52(43)36-17-9-4-10-18-36)42-26-30-50-48(34-42)56-54(58(50)2)38-21-13-6-14-22-38/h3-34H,1-2H3. The molecule has 0 saturated heterocycles. The van der Waals surface area contributed by atoms with E-state index in [2.05, 4.69) is 205 Å². The third-order valence-corrected chi connectivity index (χ3v) is 11.7. The Morgan fingerprint density at radius 2 is 0.621 bits per heavy atom. The van der Waals surface area contributed by atoms with Gasteiger partial charge in [-0.2, -0.15) is 0 Å². The number of imidazole rings is 2. The molecule has 0 atom stereocenters. The summed E-state index contributed by atoms with van der Waals surface area (Å²) in [7, 11) is 4.19. The third-order valence-electron chi connectivity index (χ3n) is 11.7. The Bertz CT molecular complexity index is 3100. The van der Waals surface area contributed by atoms with Crippen LogP contribution >= 0.6 is 0 Å². The highest BCUT2D eigenvalue weighted by Gasteiger charge is 2.20. The van der Waals surface area contributed by atoms with Crippen molar-refractivity contribution in [2.45, 2.75) is 0 Å². The van der Waals surface area contributed by atoms with Crippen molar-refractivity contribution in [3.05, 3.63) is 194 Å². The summed E-state index contributed by atoms with van der Waals surface area (Å²) in [6.45, 7) is 0. The number of rotatable bonds is 6. The summed E-state index contributed by atoms with van der Waals surface area (Å²) in [6.07, 6.45) is 0.